The van der Waals surface area contributed by atoms with Crippen molar-refractivity contribution in [2.45, 2.75) is 13.5 Å². The monoisotopic (exact) mass is 354 g/mol. The molecule has 2 aromatic carbocycles. The highest BCUT2D eigenvalue weighted by atomic mass is 32.1. The first-order valence-corrected chi connectivity index (χ1v) is 8.11. The summed E-state index contributed by atoms with van der Waals surface area (Å²) < 4.78 is 13.3. The Labute approximate surface area is 150 Å². The number of H-pyrrole nitrogens is 1. The molecule has 0 fully saturated rings. The van der Waals surface area contributed by atoms with Gasteiger partial charge in [0.05, 0.1) is 13.3 Å². The average Bonchev–Trinajstić information content (AvgIpc) is 2.97. The van der Waals surface area contributed by atoms with Crippen molar-refractivity contribution in [2.75, 3.05) is 7.11 Å². The zero-order valence-corrected chi connectivity index (χ0v) is 14.8. The topological polar surface area (TPSA) is 64.4 Å². The highest BCUT2D eigenvalue weighted by Gasteiger charge is 2.06. The number of rotatable bonds is 6. The number of hydrogen-bond donors (Lipinski definition) is 1. The Hall–Kier alpha value is -2.93. The maximum atomic E-state index is 5.91. The van der Waals surface area contributed by atoms with Crippen molar-refractivity contribution in [1.82, 2.24) is 14.9 Å². The molecule has 3 aromatic rings. The third-order valence-corrected chi connectivity index (χ3v) is 3.82. The molecule has 0 spiro atoms. The number of aromatic amines is 1. The van der Waals surface area contributed by atoms with Crippen LogP contribution in [-0.2, 0) is 6.61 Å². The van der Waals surface area contributed by atoms with Gasteiger partial charge >= 0.3 is 0 Å². The Morgan fingerprint density at radius 1 is 1.20 bits per heavy atom. The van der Waals surface area contributed by atoms with E-state index in [-0.39, 0.29) is 0 Å². The molecule has 128 valence electrons. The molecule has 3 rings (SSSR count). The summed E-state index contributed by atoms with van der Waals surface area (Å²) in [7, 11) is 1.62. The zero-order chi connectivity index (χ0) is 17.6. The maximum absolute atomic E-state index is 5.91. The first kappa shape index (κ1) is 16.9. The van der Waals surface area contributed by atoms with Crippen LogP contribution in [0.5, 0.6) is 11.5 Å². The Kier molecular flexibility index (Phi) is 5.25. The van der Waals surface area contributed by atoms with Gasteiger partial charge in [-0.05, 0) is 48.5 Å². The van der Waals surface area contributed by atoms with Gasteiger partial charge in [-0.15, -0.1) is 0 Å². The first-order chi connectivity index (χ1) is 12.2. The molecular formula is C18H18N4O2S. The van der Waals surface area contributed by atoms with Crippen LogP contribution in [0.1, 0.15) is 17.0 Å². The number of aryl methyl sites for hydroxylation is 1. The second-order valence-corrected chi connectivity index (χ2v) is 5.70. The standard InChI is InChI=1S/C18H18N4O2S/c1-13-20-21-18(25)22(13)19-11-15-8-9-16(23-2)17(10-15)24-12-14-6-4-3-5-7-14/h3-11H,12H2,1-2H3,(H,21,25)/b19-11+. The summed E-state index contributed by atoms with van der Waals surface area (Å²) in [6.07, 6.45) is 1.70. The van der Waals surface area contributed by atoms with E-state index in [1.54, 1.807) is 18.0 Å². The minimum absolute atomic E-state index is 0.447. The second kappa shape index (κ2) is 7.76. The molecule has 0 atom stereocenters. The molecule has 0 saturated heterocycles. The molecule has 0 aliphatic rings. The Morgan fingerprint density at radius 2 is 2.00 bits per heavy atom. The first-order valence-electron chi connectivity index (χ1n) is 7.70. The minimum Gasteiger partial charge on any atom is -0.493 e. The predicted octanol–water partition coefficient (Wildman–Crippen LogP) is 3.72. The quantitative estimate of drug-likeness (QED) is 0.541. The number of aromatic nitrogens is 3. The molecule has 0 aliphatic heterocycles. The van der Waals surface area contributed by atoms with Crippen LogP contribution >= 0.6 is 12.2 Å². The summed E-state index contributed by atoms with van der Waals surface area (Å²) in [6.45, 7) is 2.29. The van der Waals surface area contributed by atoms with Crippen molar-refractivity contribution < 1.29 is 9.47 Å². The molecule has 0 radical (unpaired) electrons. The summed E-state index contributed by atoms with van der Waals surface area (Å²) >= 11 is 5.14. The smallest absolute Gasteiger partial charge is 0.216 e. The van der Waals surface area contributed by atoms with Gasteiger partial charge in [0.15, 0.2) is 11.5 Å². The highest BCUT2D eigenvalue weighted by Crippen LogP contribution is 2.28. The molecule has 25 heavy (non-hydrogen) atoms. The van der Waals surface area contributed by atoms with E-state index in [1.807, 2.05) is 55.5 Å². The van der Waals surface area contributed by atoms with E-state index < -0.39 is 0 Å². The summed E-state index contributed by atoms with van der Waals surface area (Å²) in [4.78, 5) is 0. The Morgan fingerprint density at radius 3 is 2.68 bits per heavy atom. The van der Waals surface area contributed by atoms with E-state index in [0.717, 1.165) is 11.1 Å². The van der Waals surface area contributed by atoms with Crippen LogP contribution in [0, 0.1) is 11.7 Å². The minimum atomic E-state index is 0.447. The third-order valence-electron chi connectivity index (χ3n) is 3.56. The van der Waals surface area contributed by atoms with E-state index in [1.165, 1.54) is 0 Å². The lowest BCUT2D eigenvalue weighted by molar-refractivity contribution is 0.284. The largest absolute Gasteiger partial charge is 0.493 e. The van der Waals surface area contributed by atoms with E-state index >= 15 is 0 Å². The Bertz CT molecular complexity index is 932. The van der Waals surface area contributed by atoms with Crippen LogP contribution in [0.15, 0.2) is 53.6 Å². The van der Waals surface area contributed by atoms with Gasteiger partial charge in [0.25, 0.3) is 0 Å². The molecular weight excluding hydrogens is 336 g/mol. The molecule has 1 aromatic heterocycles. The summed E-state index contributed by atoms with van der Waals surface area (Å²) in [5.41, 5.74) is 1.95. The number of methoxy groups -OCH3 is 1. The van der Waals surface area contributed by atoms with Crippen LogP contribution in [0.25, 0.3) is 0 Å². The predicted molar refractivity (Wildman–Crippen MR) is 98.9 cm³/mol. The van der Waals surface area contributed by atoms with Gasteiger partial charge in [-0.2, -0.15) is 14.9 Å². The molecule has 6 nitrogen and oxygen atoms in total. The normalized spacial score (nSPS) is 11.0. The van der Waals surface area contributed by atoms with Gasteiger partial charge in [-0.3, -0.25) is 5.10 Å². The third kappa shape index (κ3) is 4.13. The van der Waals surface area contributed by atoms with Gasteiger partial charge in [0.1, 0.15) is 12.4 Å². The van der Waals surface area contributed by atoms with Crippen LogP contribution in [0.3, 0.4) is 0 Å². The lowest BCUT2D eigenvalue weighted by atomic mass is 10.2. The summed E-state index contributed by atoms with van der Waals surface area (Å²) in [6, 6.07) is 15.6. The fraction of sp³-hybridized carbons (Fsp3) is 0.167. The second-order valence-electron chi connectivity index (χ2n) is 5.32. The van der Waals surface area contributed by atoms with Crippen molar-refractivity contribution >= 4 is 18.4 Å². The zero-order valence-electron chi connectivity index (χ0n) is 14.0. The molecule has 1 heterocycles. The number of benzene rings is 2. The Balaban J connectivity index is 1.81. The van der Waals surface area contributed by atoms with E-state index in [9.17, 15) is 0 Å². The molecule has 0 aliphatic carbocycles. The maximum Gasteiger partial charge on any atom is 0.216 e. The fourth-order valence-electron chi connectivity index (χ4n) is 2.25. The number of ether oxygens (including phenoxy) is 2. The van der Waals surface area contributed by atoms with E-state index in [0.29, 0.717) is 28.7 Å². The van der Waals surface area contributed by atoms with Gasteiger partial charge < -0.3 is 9.47 Å². The molecule has 7 heteroatoms. The van der Waals surface area contributed by atoms with Crippen molar-refractivity contribution in [3.8, 4) is 11.5 Å². The lowest BCUT2D eigenvalue weighted by Gasteiger charge is -2.11. The number of hydrogen-bond acceptors (Lipinski definition) is 5. The van der Waals surface area contributed by atoms with Gasteiger partial charge in [0, 0.05) is 0 Å². The molecule has 0 bridgehead atoms. The van der Waals surface area contributed by atoms with Crippen LogP contribution in [0.4, 0.5) is 0 Å². The van der Waals surface area contributed by atoms with E-state index in [2.05, 4.69) is 15.3 Å². The van der Waals surface area contributed by atoms with E-state index in [4.69, 9.17) is 21.7 Å². The molecule has 0 amide bonds. The van der Waals surface area contributed by atoms with Crippen molar-refractivity contribution in [3.63, 3.8) is 0 Å². The van der Waals surface area contributed by atoms with Crippen molar-refractivity contribution in [3.05, 3.63) is 70.3 Å². The highest BCUT2D eigenvalue weighted by molar-refractivity contribution is 7.71. The SMILES string of the molecule is COc1ccc(/C=N/n2c(C)n[nH]c2=S)cc1OCc1ccccc1. The lowest BCUT2D eigenvalue weighted by Crippen LogP contribution is -1.99. The van der Waals surface area contributed by atoms with Crippen LogP contribution < -0.4 is 9.47 Å². The van der Waals surface area contributed by atoms with Crippen molar-refractivity contribution in [2.24, 2.45) is 5.10 Å². The number of nitrogens with zero attached hydrogens (tertiary/aromatic N) is 3. The molecule has 0 unspecified atom stereocenters. The summed E-state index contributed by atoms with van der Waals surface area (Å²) in [5.74, 6) is 2.02. The molecule has 0 saturated carbocycles. The van der Waals surface area contributed by atoms with Crippen LogP contribution in [-0.4, -0.2) is 28.2 Å². The summed E-state index contributed by atoms with van der Waals surface area (Å²) in [5, 5.41) is 11.1. The number of nitrogens with one attached hydrogen (secondary N) is 1. The molecule has 1 N–H and O–H groups in total. The van der Waals surface area contributed by atoms with Gasteiger partial charge in [0.2, 0.25) is 4.77 Å². The van der Waals surface area contributed by atoms with Gasteiger partial charge in [-0.25, -0.2) is 0 Å². The fourth-order valence-corrected chi connectivity index (χ4v) is 2.48. The van der Waals surface area contributed by atoms with Crippen LogP contribution in [0.2, 0.25) is 0 Å². The average molecular weight is 354 g/mol. The van der Waals surface area contributed by atoms with Crippen molar-refractivity contribution in [1.29, 1.82) is 0 Å². The van der Waals surface area contributed by atoms with Gasteiger partial charge in [-0.1, -0.05) is 30.3 Å².